The van der Waals surface area contributed by atoms with Gasteiger partial charge in [0.1, 0.15) is 0 Å². The van der Waals surface area contributed by atoms with E-state index in [0.717, 1.165) is 18.7 Å². The van der Waals surface area contributed by atoms with Crippen molar-refractivity contribution in [1.29, 1.82) is 0 Å². The number of hydrogen-bond donors (Lipinski definition) is 1. The lowest BCUT2D eigenvalue weighted by atomic mass is 9.99. The third kappa shape index (κ3) is 5.31. The number of nitrogens with one attached hydrogen (secondary N) is 1. The number of pyridine rings is 1. The van der Waals surface area contributed by atoms with E-state index in [-0.39, 0.29) is 0 Å². The molecular weight excluding hydrogens is 256 g/mol. The summed E-state index contributed by atoms with van der Waals surface area (Å²) in [6, 6.07) is 15.5. The number of aromatic nitrogens is 1. The molecule has 2 rings (SSSR count). The topological polar surface area (TPSA) is 24.9 Å². The highest BCUT2D eigenvalue weighted by Gasteiger charge is 2.10. The number of hydrogen-bond acceptors (Lipinski definition) is 2. The smallest absolute Gasteiger partial charge is 0.0375 e. The van der Waals surface area contributed by atoms with Gasteiger partial charge in [0, 0.05) is 17.9 Å². The van der Waals surface area contributed by atoms with Gasteiger partial charge in [-0.2, -0.15) is 0 Å². The van der Waals surface area contributed by atoms with Crippen molar-refractivity contribution in [1.82, 2.24) is 10.3 Å². The first kappa shape index (κ1) is 15.7. The molecule has 1 aromatic carbocycles. The minimum absolute atomic E-state index is 0.440. The zero-order valence-electron chi connectivity index (χ0n) is 13.2. The summed E-state index contributed by atoms with van der Waals surface area (Å²) in [5, 5.41) is 3.67. The van der Waals surface area contributed by atoms with Gasteiger partial charge in [0.25, 0.3) is 0 Å². The third-order valence-corrected chi connectivity index (χ3v) is 3.76. The molecule has 1 atom stereocenters. The van der Waals surface area contributed by atoms with Crippen LogP contribution in [0, 0.1) is 6.92 Å². The number of rotatable bonds is 8. The predicted molar refractivity (Wildman–Crippen MR) is 89.4 cm³/mol. The van der Waals surface area contributed by atoms with Gasteiger partial charge in [-0.15, -0.1) is 0 Å². The van der Waals surface area contributed by atoms with Gasteiger partial charge in [0.05, 0.1) is 0 Å². The minimum atomic E-state index is 0.440. The van der Waals surface area contributed by atoms with Gasteiger partial charge in [-0.05, 0) is 62.4 Å². The highest BCUT2D eigenvalue weighted by atomic mass is 14.9. The van der Waals surface area contributed by atoms with Crippen molar-refractivity contribution in [2.24, 2.45) is 0 Å². The number of aryl methyl sites for hydroxylation is 2. The Labute approximate surface area is 128 Å². The number of nitrogens with zero attached hydrogens (tertiary/aromatic N) is 1. The van der Waals surface area contributed by atoms with Crippen LogP contribution in [0.15, 0.2) is 48.7 Å². The fraction of sp³-hybridized carbons (Fsp3) is 0.421. The van der Waals surface area contributed by atoms with Gasteiger partial charge in [-0.3, -0.25) is 4.98 Å². The molecule has 1 unspecified atom stereocenters. The van der Waals surface area contributed by atoms with Gasteiger partial charge in [0.15, 0.2) is 0 Å². The summed E-state index contributed by atoms with van der Waals surface area (Å²) >= 11 is 0. The van der Waals surface area contributed by atoms with Crippen molar-refractivity contribution in [3.63, 3.8) is 0 Å². The van der Waals surface area contributed by atoms with E-state index in [4.69, 9.17) is 0 Å². The van der Waals surface area contributed by atoms with Crippen LogP contribution in [0.25, 0.3) is 0 Å². The highest BCUT2D eigenvalue weighted by Crippen LogP contribution is 2.20. The van der Waals surface area contributed by atoms with E-state index in [1.807, 2.05) is 6.20 Å². The Morgan fingerprint density at radius 1 is 1.14 bits per heavy atom. The Kier molecular flexibility index (Phi) is 6.42. The molecule has 0 radical (unpaired) electrons. The molecule has 0 aliphatic carbocycles. The van der Waals surface area contributed by atoms with E-state index < -0.39 is 0 Å². The Morgan fingerprint density at radius 2 is 1.95 bits per heavy atom. The van der Waals surface area contributed by atoms with E-state index in [1.54, 1.807) is 0 Å². The standard InChI is InChI=1S/C19H26N2/c1-3-13-21-19(18-12-14-20-16(2)15-18)11-7-10-17-8-5-4-6-9-17/h4-6,8-9,12,14-15,19,21H,3,7,10-11,13H2,1-2H3. The molecule has 2 heteroatoms. The largest absolute Gasteiger partial charge is 0.310 e. The molecule has 1 heterocycles. The van der Waals surface area contributed by atoms with Crippen LogP contribution in [-0.4, -0.2) is 11.5 Å². The quantitative estimate of drug-likeness (QED) is 0.773. The van der Waals surface area contributed by atoms with Crippen LogP contribution < -0.4 is 5.32 Å². The zero-order chi connectivity index (χ0) is 14.9. The van der Waals surface area contributed by atoms with Crippen molar-refractivity contribution in [3.05, 3.63) is 65.5 Å². The first-order valence-corrected chi connectivity index (χ1v) is 7.99. The monoisotopic (exact) mass is 282 g/mol. The van der Waals surface area contributed by atoms with Gasteiger partial charge in [-0.1, -0.05) is 37.3 Å². The normalized spacial score (nSPS) is 12.3. The average Bonchev–Trinajstić information content (AvgIpc) is 2.51. The van der Waals surface area contributed by atoms with Gasteiger partial charge in [0.2, 0.25) is 0 Å². The number of benzene rings is 1. The lowest BCUT2D eigenvalue weighted by Crippen LogP contribution is -2.22. The molecule has 0 aliphatic rings. The Morgan fingerprint density at radius 3 is 2.67 bits per heavy atom. The van der Waals surface area contributed by atoms with E-state index >= 15 is 0 Å². The van der Waals surface area contributed by atoms with Crippen LogP contribution in [0.3, 0.4) is 0 Å². The summed E-state index contributed by atoms with van der Waals surface area (Å²) in [7, 11) is 0. The van der Waals surface area contributed by atoms with Gasteiger partial charge in [-0.25, -0.2) is 0 Å². The lowest BCUT2D eigenvalue weighted by molar-refractivity contribution is 0.483. The molecule has 2 aromatic rings. The maximum Gasteiger partial charge on any atom is 0.0375 e. The third-order valence-electron chi connectivity index (χ3n) is 3.76. The molecule has 0 spiro atoms. The maximum absolute atomic E-state index is 4.30. The Balaban J connectivity index is 1.93. The van der Waals surface area contributed by atoms with E-state index in [2.05, 4.69) is 66.6 Å². The zero-order valence-corrected chi connectivity index (χ0v) is 13.2. The molecular formula is C19H26N2. The predicted octanol–water partition coefficient (Wildman–Crippen LogP) is 4.45. The van der Waals surface area contributed by atoms with Crippen LogP contribution in [0.2, 0.25) is 0 Å². The molecule has 0 bridgehead atoms. The summed E-state index contributed by atoms with van der Waals surface area (Å²) in [4.78, 5) is 4.30. The molecule has 0 saturated heterocycles. The van der Waals surface area contributed by atoms with Crippen molar-refractivity contribution < 1.29 is 0 Å². The fourth-order valence-electron chi connectivity index (χ4n) is 2.64. The molecule has 1 aromatic heterocycles. The molecule has 1 N–H and O–H groups in total. The average molecular weight is 282 g/mol. The summed E-state index contributed by atoms with van der Waals surface area (Å²) < 4.78 is 0. The minimum Gasteiger partial charge on any atom is -0.310 e. The maximum atomic E-state index is 4.30. The molecule has 21 heavy (non-hydrogen) atoms. The molecule has 112 valence electrons. The molecule has 0 saturated carbocycles. The van der Waals surface area contributed by atoms with E-state index in [1.165, 1.54) is 30.4 Å². The first-order valence-electron chi connectivity index (χ1n) is 7.99. The first-order chi connectivity index (χ1) is 10.3. The van der Waals surface area contributed by atoms with Gasteiger partial charge >= 0.3 is 0 Å². The summed E-state index contributed by atoms with van der Waals surface area (Å²) in [5.41, 5.74) is 3.89. The molecule has 0 amide bonds. The van der Waals surface area contributed by atoms with Crippen LogP contribution in [-0.2, 0) is 6.42 Å². The van der Waals surface area contributed by atoms with Crippen LogP contribution >= 0.6 is 0 Å². The molecule has 0 fully saturated rings. The molecule has 2 nitrogen and oxygen atoms in total. The summed E-state index contributed by atoms with van der Waals surface area (Å²) in [6.07, 6.45) is 6.60. The van der Waals surface area contributed by atoms with Gasteiger partial charge < -0.3 is 5.32 Å². The Hall–Kier alpha value is -1.67. The Bertz CT molecular complexity index is 522. The van der Waals surface area contributed by atoms with Crippen LogP contribution in [0.4, 0.5) is 0 Å². The fourth-order valence-corrected chi connectivity index (χ4v) is 2.64. The van der Waals surface area contributed by atoms with Crippen LogP contribution in [0.5, 0.6) is 0 Å². The lowest BCUT2D eigenvalue weighted by Gasteiger charge is -2.19. The second-order valence-electron chi connectivity index (χ2n) is 5.62. The SMILES string of the molecule is CCCNC(CCCc1ccccc1)c1ccnc(C)c1. The van der Waals surface area contributed by atoms with E-state index in [9.17, 15) is 0 Å². The highest BCUT2D eigenvalue weighted by molar-refractivity contribution is 5.20. The van der Waals surface area contributed by atoms with E-state index in [0.29, 0.717) is 6.04 Å². The summed E-state index contributed by atoms with van der Waals surface area (Å²) in [5.74, 6) is 0. The second-order valence-corrected chi connectivity index (χ2v) is 5.62. The van der Waals surface area contributed by atoms with Crippen LogP contribution in [0.1, 0.15) is 49.0 Å². The van der Waals surface area contributed by atoms with Crippen molar-refractivity contribution >= 4 is 0 Å². The summed E-state index contributed by atoms with van der Waals surface area (Å²) in [6.45, 7) is 5.34. The molecule has 0 aliphatic heterocycles. The second kappa shape index (κ2) is 8.58. The van der Waals surface area contributed by atoms with Crippen molar-refractivity contribution in [2.75, 3.05) is 6.54 Å². The van der Waals surface area contributed by atoms with Crippen molar-refractivity contribution in [2.45, 2.75) is 45.6 Å². The van der Waals surface area contributed by atoms with Crippen molar-refractivity contribution in [3.8, 4) is 0 Å².